The van der Waals surface area contributed by atoms with Crippen molar-refractivity contribution in [1.29, 1.82) is 0 Å². The molecular formula is C31H32NO+. The minimum Gasteiger partial charge on any atom is -0.454 e. The largest absolute Gasteiger partial charge is 0.454 e. The van der Waals surface area contributed by atoms with Crippen molar-refractivity contribution < 1.29 is 15.8 Å². The van der Waals surface area contributed by atoms with Crippen LogP contribution in [-0.4, -0.2) is 0 Å². The summed E-state index contributed by atoms with van der Waals surface area (Å²) in [6.45, 7) is 4.91. The fraction of sp³-hybridized carbons (Fsp3) is 0.258. The molecule has 0 spiro atoms. The highest BCUT2D eigenvalue weighted by molar-refractivity contribution is 6.13. The molecule has 0 aliphatic carbocycles. The van der Waals surface area contributed by atoms with Crippen molar-refractivity contribution in [3.8, 4) is 22.4 Å². The molecule has 0 fully saturated rings. The molecule has 0 aliphatic heterocycles. The van der Waals surface area contributed by atoms with Crippen molar-refractivity contribution in [2.45, 2.75) is 40.9 Å². The summed E-state index contributed by atoms with van der Waals surface area (Å²) in [4.78, 5) is 0. The number of furan rings is 1. The van der Waals surface area contributed by atoms with Crippen molar-refractivity contribution in [1.82, 2.24) is 0 Å². The smallest absolute Gasteiger partial charge is 0.216 e. The molecule has 5 aromatic rings. The number of aromatic nitrogens is 1. The van der Waals surface area contributed by atoms with E-state index < -0.39 is 18.6 Å². The highest BCUT2D eigenvalue weighted by Gasteiger charge is 2.24. The number of aryl methyl sites for hydroxylation is 3. The maximum atomic E-state index is 8.98. The second kappa shape index (κ2) is 7.88. The molecule has 3 aromatic carbocycles. The molecule has 33 heavy (non-hydrogen) atoms. The van der Waals surface area contributed by atoms with Crippen LogP contribution in [0.25, 0.3) is 44.3 Å². The molecule has 2 nitrogen and oxygen atoms in total. The molecule has 0 amide bonds. The van der Waals surface area contributed by atoms with Crippen LogP contribution < -0.4 is 4.57 Å². The van der Waals surface area contributed by atoms with Crippen molar-refractivity contribution in [3.63, 3.8) is 0 Å². The van der Waals surface area contributed by atoms with E-state index in [0.717, 1.165) is 38.6 Å². The Morgan fingerprint density at radius 3 is 2.39 bits per heavy atom. The third-order valence-electron chi connectivity index (χ3n) is 6.00. The van der Waals surface area contributed by atoms with E-state index >= 15 is 0 Å². The van der Waals surface area contributed by atoms with E-state index in [1.54, 1.807) is 44.6 Å². The van der Waals surface area contributed by atoms with Crippen LogP contribution in [0, 0.1) is 19.2 Å². The molecular weight excluding hydrogens is 402 g/mol. The standard InChI is InChI=1S/C31H32NO/c1-20-15-16-26-25-14-10-13-24(22-11-8-7-9-12-22)29(25)33-30(26)28(20)27-17-23(18-31(3,4)5)21(2)19-32(27)6/h7-17,19H,18H2,1-6H3/q+1/i2D3,18D2. The van der Waals surface area contributed by atoms with E-state index in [-0.39, 0.29) is 11.1 Å². The van der Waals surface area contributed by atoms with E-state index in [4.69, 9.17) is 11.3 Å². The van der Waals surface area contributed by atoms with Crippen LogP contribution in [0.5, 0.6) is 0 Å². The fourth-order valence-electron chi connectivity index (χ4n) is 4.53. The van der Waals surface area contributed by atoms with Crippen LogP contribution in [0.3, 0.4) is 0 Å². The van der Waals surface area contributed by atoms with Gasteiger partial charge in [0.15, 0.2) is 6.20 Å². The predicted octanol–water partition coefficient (Wildman–Crippen LogP) is 7.95. The Morgan fingerprint density at radius 2 is 1.67 bits per heavy atom. The SMILES string of the molecule is [2H]C([2H])([2H])c1c[n+](C)c(-c2c(C)ccc3c2oc2c(-c4ccccc4)cccc23)cc1C([2H])([2H])C(C)(C)C. The van der Waals surface area contributed by atoms with Gasteiger partial charge in [0.1, 0.15) is 18.2 Å². The van der Waals surface area contributed by atoms with Gasteiger partial charge in [0.05, 0.1) is 5.56 Å². The average Bonchev–Trinajstić information content (AvgIpc) is 3.22. The van der Waals surface area contributed by atoms with Crippen LogP contribution in [0.4, 0.5) is 0 Å². The Balaban J connectivity index is 1.86. The summed E-state index contributed by atoms with van der Waals surface area (Å²) in [5.41, 5.74) is 5.38. The highest BCUT2D eigenvalue weighted by atomic mass is 16.3. The summed E-state index contributed by atoms with van der Waals surface area (Å²) in [5, 5.41) is 1.95. The van der Waals surface area contributed by atoms with Crippen LogP contribution in [0.15, 0.2) is 77.3 Å². The van der Waals surface area contributed by atoms with Gasteiger partial charge in [-0.15, -0.1) is 0 Å². The summed E-state index contributed by atoms with van der Waals surface area (Å²) in [6.07, 6.45) is -0.340. The second-order valence-corrected chi connectivity index (χ2v) is 9.76. The van der Waals surface area contributed by atoms with Crippen LogP contribution in [0.1, 0.15) is 44.3 Å². The molecule has 0 saturated heterocycles. The molecule has 166 valence electrons. The predicted molar refractivity (Wildman–Crippen MR) is 138 cm³/mol. The summed E-state index contributed by atoms with van der Waals surface area (Å²) in [6, 6.07) is 22.0. The number of hydrogen-bond acceptors (Lipinski definition) is 1. The van der Waals surface area contributed by atoms with Crippen molar-refractivity contribution in [2.75, 3.05) is 0 Å². The lowest BCUT2D eigenvalue weighted by Gasteiger charge is -2.19. The first-order valence-electron chi connectivity index (χ1n) is 13.8. The molecule has 0 atom stereocenters. The van der Waals surface area contributed by atoms with E-state index in [1.807, 2.05) is 49.4 Å². The zero-order valence-corrected chi connectivity index (χ0v) is 19.8. The van der Waals surface area contributed by atoms with Gasteiger partial charge in [-0.05, 0) is 42.3 Å². The lowest BCUT2D eigenvalue weighted by molar-refractivity contribution is -0.660. The van der Waals surface area contributed by atoms with Gasteiger partial charge in [0.2, 0.25) is 5.69 Å². The quantitative estimate of drug-likeness (QED) is 0.261. The van der Waals surface area contributed by atoms with Crippen molar-refractivity contribution in [2.24, 2.45) is 12.5 Å². The van der Waals surface area contributed by atoms with Crippen LogP contribution >= 0.6 is 0 Å². The number of rotatable bonds is 3. The van der Waals surface area contributed by atoms with Gasteiger partial charge >= 0.3 is 0 Å². The molecule has 2 aromatic heterocycles. The van der Waals surface area contributed by atoms with Gasteiger partial charge in [0.25, 0.3) is 0 Å². The van der Waals surface area contributed by atoms with Gasteiger partial charge in [-0.2, -0.15) is 0 Å². The lowest BCUT2D eigenvalue weighted by Crippen LogP contribution is -2.32. The normalized spacial score (nSPS) is 15.1. The Hall–Kier alpha value is -3.39. The monoisotopic (exact) mass is 439 g/mol. The Kier molecular flexibility index (Phi) is 3.88. The third kappa shape index (κ3) is 3.84. The second-order valence-electron chi connectivity index (χ2n) is 9.76. The van der Waals surface area contributed by atoms with E-state index in [0.29, 0.717) is 11.3 Å². The number of para-hydroxylation sites is 1. The van der Waals surface area contributed by atoms with Crippen molar-refractivity contribution >= 4 is 21.9 Å². The first-order valence-corrected chi connectivity index (χ1v) is 11.3. The molecule has 0 aliphatic rings. The number of fused-ring (bicyclic) bond motifs is 3. The first-order chi connectivity index (χ1) is 17.7. The fourth-order valence-corrected chi connectivity index (χ4v) is 4.53. The Bertz CT molecular complexity index is 1670. The summed E-state index contributed by atoms with van der Waals surface area (Å²) in [5.74, 6) is 0. The van der Waals surface area contributed by atoms with Gasteiger partial charge in [-0.25, -0.2) is 4.57 Å². The third-order valence-corrected chi connectivity index (χ3v) is 6.00. The minimum absolute atomic E-state index is 0.0180. The average molecular weight is 440 g/mol. The molecule has 0 N–H and O–H groups in total. The zero-order chi connectivity index (χ0) is 27.6. The molecule has 2 heteroatoms. The minimum atomic E-state index is -2.46. The lowest BCUT2D eigenvalue weighted by atomic mass is 9.86. The van der Waals surface area contributed by atoms with Gasteiger partial charge < -0.3 is 4.42 Å². The van der Waals surface area contributed by atoms with Crippen LogP contribution in [0.2, 0.25) is 0 Å². The Morgan fingerprint density at radius 1 is 0.909 bits per heavy atom. The topological polar surface area (TPSA) is 17.0 Å². The summed E-state index contributed by atoms with van der Waals surface area (Å²) in [7, 11) is 1.80. The number of nitrogens with zero attached hydrogens (tertiary/aromatic N) is 1. The van der Waals surface area contributed by atoms with E-state index in [9.17, 15) is 0 Å². The summed E-state index contributed by atoms with van der Waals surface area (Å²) >= 11 is 0. The number of hydrogen-bond donors (Lipinski definition) is 0. The highest BCUT2D eigenvalue weighted by Crippen LogP contribution is 2.40. The van der Waals surface area contributed by atoms with Gasteiger partial charge in [-0.1, -0.05) is 81.4 Å². The molecule has 0 radical (unpaired) electrons. The van der Waals surface area contributed by atoms with Gasteiger partial charge in [0, 0.05) is 34.8 Å². The number of benzene rings is 3. The van der Waals surface area contributed by atoms with Gasteiger partial charge in [-0.3, -0.25) is 0 Å². The zero-order valence-electron chi connectivity index (χ0n) is 24.8. The molecule has 0 unspecified atom stereocenters. The van der Waals surface area contributed by atoms with E-state index in [1.165, 1.54) is 0 Å². The van der Waals surface area contributed by atoms with Crippen molar-refractivity contribution in [3.05, 3.63) is 89.6 Å². The maximum absolute atomic E-state index is 8.98. The van der Waals surface area contributed by atoms with Crippen LogP contribution in [-0.2, 0) is 13.4 Å². The Labute approximate surface area is 203 Å². The molecule has 0 saturated carbocycles. The summed E-state index contributed by atoms with van der Waals surface area (Å²) < 4.78 is 50.8. The van der Waals surface area contributed by atoms with E-state index in [2.05, 4.69) is 18.2 Å². The molecule has 2 heterocycles. The first kappa shape index (κ1) is 16.3. The maximum Gasteiger partial charge on any atom is 0.216 e. The number of pyridine rings is 1. The molecule has 0 bridgehead atoms. The molecule has 5 rings (SSSR count).